The Kier molecular flexibility index (Phi) is 7.44. The number of hydrogen-bond donors (Lipinski definition) is 1. The third-order valence-electron chi connectivity index (χ3n) is 5.54. The molecule has 0 saturated heterocycles. The van der Waals surface area contributed by atoms with Crippen LogP contribution >= 0.6 is 11.6 Å². The van der Waals surface area contributed by atoms with Gasteiger partial charge in [-0.1, -0.05) is 41.9 Å². The molecule has 174 valence electrons. The van der Waals surface area contributed by atoms with Crippen molar-refractivity contribution in [1.29, 1.82) is 0 Å². The fraction of sp³-hybridized carbons (Fsp3) is 0.240. The van der Waals surface area contributed by atoms with Crippen molar-refractivity contribution in [1.82, 2.24) is 5.32 Å². The first kappa shape index (κ1) is 24.7. The molecule has 1 atom stereocenters. The normalized spacial score (nSPS) is 12.3. The molecule has 3 aromatic rings. The Morgan fingerprint density at radius 2 is 1.64 bits per heavy atom. The molecule has 1 amide bonds. The van der Waals surface area contributed by atoms with Crippen LogP contribution in [0.5, 0.6) is 0 Å². The molecule has 0 spiro atoms. The zero-order chi connectivity index (χ0) is 24.3. The van der Waals surface area contributed by atoms with Crippen LogP contribution < -0.4 is 9.62 Å². The molecule has 0 saturated carbocycles. The summed E-state index contributed by atoms with van der Waals surface area (Å²) in [4.78, 5) is 13.0. The van der Waals surface area contributed by atoms with E-state index in [1.165, 1.54) is 24.3 Å². The average molecular weight is 489 g/mol. The second-order valence-corrected chi connectivity index (χ2v) is 10.3. The number of carbonyl (C=O) groups is 1. The van der Waals surface area contributed by atoms with Crippen molar-refractivity contribution in [2.45, 2.75) is 38.6 Å². The summed E-state index contributed by atoms with van der Waals surface area (Å²) in [6, 6.07) is 15.0. The highest BCUT2D eigenvalue weighted by Gasteiger charge is 2.28. The maximum Gasteiger partial charge on any atom is 0.264 e. The van der Waals surface area contributed by atoms with Gasteiger partial charge >= 0.3 is 0 Å². The third-order valence-corrected chi connectivity index (χ3v) is 7.61. The topological polar surface area (TPSA) is 66.5 Å². The molecular weight excluding hydrogens is 463 g/mol. The number of sulfonamides is 1. The van der Waals surface area contributed by atoms with Crippen molar-refractivity contribution in [2.24, 2.45) is 0 Å². The van der Waals surface area contributed by atoms with Crippen molar-refractivity contribution in [3.05, 3.63) is 93.8 Å². The van der Waals surface area contributed by atoms with E-state index in [4.69, 9.17) is 11.6 Å². The second-order valence-electron chi connectivity index (χ2n) is 8.01. The number of anilines is 1. The molecule has 0 aliphatic carbocycles. The predicted octanol–water partition coefficient (Wildman–Crippen LogP) is 5.48. The Hall–Kier alpha value is -2.90. The van der Waals surface area contributed by atoms with Crippen molar-refractivity contribution in [3.63, 3.8) is 0 Å². The first-order valence-electron chi connectivity index (χ1n) is 10.4. The number of nitrogens with zero attached hydrogens (tertiary/aromatic N) is 1. The Labute approximate surface area is 199 Å². The Balaban J connectivity index is 1.92. The van der Waals surface area contributed by atoms with E-state index in [1.807, 2.05) is 33.8 Å². The summed E-state index contributed by atoms with van der Waals surface area (Å²) < 4.78 is 41.4. The highest BCUT2D eigenvalue weighted by molar-refractivity contribution is 7.92. The van der Waals surface area contributed by atoms with Crippen LogP contribution in [0.3, 0.4) is 0 Å². The van der Waals surface area contributed by atoms with Gasteiger partial charge in [0.2, 0.25) is 5.91 Å². The Morgan fingerprint density at radius 1 is 1.00 bits per heavy atom. The number of halogens is 2. The molecule has 33 heavy (non-hydrogen) atoms. The monoisotopic (exact) mass is 488 g/mol. The van der Waals surface area contributed by atoms with Gasteiger partial charge in [0, 0.05) is 0 Å². The summed E-state index contributed by atoms with van der Waals surface area (Å²) >= 11 is 5.90. The summed E-state index contributed by atoms with van der Waals surface area (Å²) in [5, 5.41) is 2.65. The van der Waals surface area contributed by atoms with Crippen LogP contribution in [-0.2, 0) is 14.8 Å². The number of carbonyl (C=O) groups excluding carboxylic acids is 1. The standard InChI is InChI=1S/C25H26ClFN2O3S/c1-16-12-18(3)22(13-17(16)2)19(4)28-25(30)15-29(20-10-11-24(27)23(26)14-20)33(31,32)21-8-6-5-7-9-21/h5-14,19H,15H2,1-4H3,(H,28,30). The molecule has 5 nitrogen and oxygen atoms in total. The molecule has 3 aromatic carbocycles. The summed E-state index contributed by atoms with van der Waals surface area (Å²) in [5.74, 6) is -1.18. The summed E-state index contributed by atoms with van der Waals surface area (Å²) in [6.07, 6.45) is 0. The highest BCUT2D eigenvalue weighted by atomic mass is 35.5. The van der Waals surface area contributed by atoms with Gasteiger partial charge in [0.25, 0.3) is 10.0 Å². The molecular formula is C25H26ClFN2O3S. The van der Waals surface area contributed by atoms with Gasteiger partial charge in [0.1, 0.15) is 12.4 Å². The summed E-state index contributed by atoms with van der Waals surface area (Å²) in [5.41, 5.74) is 4.34. The van der Waals surface area contributed by atoms with Crippen LogP contribution in [0.2, 0.25) is 5.02 Å². The third kappa shape index (κ3) is 5.54. The molecule has 0 fully saturated rings. The minimum absolute atomic E-state index is 0.0105. The first-order chi connectivity index (χ1) is 15.5. The minimum atomic E-state index is -4.11. The number of rotatable bonds is 7. The van der Waals surface area contributed by atoms with Crippen molar-refractivity contribution in [3.8, 4) is 0 Å². The van der Waals surface area contributed by atoms with E-state index in [0.29, 0.717) is 0 Å². The highest BCUT2D eigenvalue weighted by Crippen LogP contribution is 2.28. The number of hydrogen-bond acceptors (Lipinski definition) is 3. The molecule has 1 N–H and O–H groups in total. The maximum atomic E-state index is 13.7. The van der Waals surface area contributed by atoms with Gasteiger partial charge in [-0.2, -0.15) is 0 Å². The van der Waals surface area contributed by atoms with E-state index < -0.39 is 28.3 Å². The molecule has 0 radical (unpaired) electrons. The molecule has 0 aromatic heterocycles. The lowest BCUT2D eigenvalue weighted by Gasteiger charge is -2.26. The van der Waals surface area contributed by atoms with E-state index in [2.05, 4.69) is 11.4 Å². The fourth-order valence-electron chi connectivity index (χ4n) is 3.62. The Morgan fingerprint density at radius 3 is 2.27 bits per heavy atom. The predicted molar refractivity (Wildman–Crippen MR) is 130 cm³/mol. The van der Waals surface area contributed by atoms with Crippen LogP contribution in [0, 0.1) is 26.6 Å². The van der Waals surface area contributed by atoms with Crippen molar-refractivity contribution < 1.29 is 17.6 Å². The largest absolute Gasteiger partial charge is 0.348 e. The van der Waals surface area contributed by atoms with Gasteiger partial charge in [-0.15, -0.1) is 0 Å². The van der Waals surface area contributed by atoms with Crippen LogP contribution in [0.15, 0.2) is 65.6 Å². The van der Waals surface area contributed by atoms with E-state index in [1.54, 1.807) is 18.2 Å². The lowest BCUT2D eigenvalue weighted by atomic mass is 9.96. The molecule has 3 rings (SSSR count). The molecule has 1 unspecified atom stereocenters. The lowest BCUT2D eigenvalue weighted by Crippen LogP contribution is -2.41. The average Bonchev–Trinajstić information content (AvgIpc) is 2.77. The lowest BCUT2D eigenvalue weighted by molar-refractivity contribution is -0.120. The smallest absolute Gasteiger partial charge is 0.264 e. The second kappa shape index (κ2) is 9.93. The Bertz CT molecular complexity index is 1280. The van der Waals surface area contributed by atoms with Crippen molar-refractivity contribution >= 4 is 33.2 Å². The fourth-order valence-corrected chi connectivity index (χ4v) is 5.23. The molecule has 0 aliphatic heterocycles. The maximum absolute atomic E-state index is 13.7. The molecule has 0 bridgehead atoms. The van der Waals surface area contributed by atoms with Gasteiger partial charge in [-0.25, -0.2) is 12.8 Å². The SMILES string of the molecule is Cc1cc(C)c(C(C)NC(=O)CN(c2ccc(F)c(Cl)c2)S(=O)(=O)c2ccccc2)cc1C. The number of amides is 1. The van der Waals surface area contributed by atoms with Gasteiger partial charge in [0.15, 0.2) is 0 Å². The van der Waals surface area contributed by atoms with Gasteiger partial charge in [0.05, 0.1) is 21.6 Å². The molecule has 0 heterocycles. The number of aryl methyl sites for hydroxylation is 3. The molecule has 8 heteroatoms. The van der Waals surface area contributed by atoms with Crippen LogP contribution in [0.25, 0.3) is 0 Å². The number of nitrogens with one attached hydrogen (secondary N) is 1. The zero-order valence-corrected chi connectivity index (χ0v) is 20.5. The van der Waals surface area contributed by atoms with Crippen LogP contribution in [0.4, 0.5) is 10.1 Å². The number of benzene rings is 3. The zero-order valence-electron chi connectivity index (χ0n) is 18.9. The first-order valence-corrected chi connectivity index (χ1v) is 12.2. The van der Waals surface area contributed by atoms with E-state index in [-0.39, 0.29) is 21.6 Å². The quantitative estimate of drug-likeness (QED) is 0.479. The van der Waals surface area contributed by atoms with E-state index in [0.717, 1.165) is 32.6 Å². The van der Waals surface area contributed by atoms with Crippen molar-refractivity contribution in [2.75, 3.05) is 10.8 Å². The molecule has 0 aliphatic rings. The van der Waals surface area contributed by atoms with Gasteiger partial charge < -0.3 is 5.32 Å². The summed E-state index contributed by atoms with van der Waals surface area (Å²) in [7, 11) is -4.11. The van der Waals surface area contributed by atoms with E-state index >= 15 is 0 Å². The summed E-state index contributed by atoms with van der Waals surface area (Å²) in [6.45, 7) is 7.35. The minimum Gasteiger partial charge on any atom is -0.348 e. The van der Waals surface area contributed by atoms with Gasteiger partial charge in [-0.3, -0.25) is 9.10 Å². The van der Waals surface area contributed by atoms with Crippen LogP contribution in [-0.4, -0.2) is 20.9 Å². The van der Waals surface area contributed by atoms with E-state index in [9.17, 15) is 17.6 Å². The van der Waals surface area contributed by atoms with Gasteiger partial charge in [-0.05, 0) is 80.3 Å². The van der Waals surface area contributed by atoms with Crippen LogP contribution in [0.1, 0.15) is 35.2 Å².